The SMILES string of the molecule is Cc1ccncc1NC(=O)Cc1cc(Cl)cc(N[C@H]2CCC[C@@H]2O)c1. The highest BCUT2D eigenvalue weighted by molar-refractivity contribution is 6.31. The van der Waals surface area contributed by atoms with Gasteiger partial charge in [-0.2, -0.15) is 0 Å². The van der Waals surface area contributed by atoms with E-state index in [4.69, 9.17) is 11.6 Å². The lowest BCUT2D eigenvalue weighted by Gasteiger charge is -2.18. The minimum absolute atomic E-state index is 0.0400. The van der Waals surface area contributed by atoms with Crippen molar-refractivity contribution in [2.24, 2.45) is 0 Å². The lowest BCUT2D eigenvalue weighted by Crippen LogP contribution is -2.27. The molecule has 3 N–H and O–H groups in total. The van der Waals surface area contributed by atoms with E-state index >= 15 is 0 Å². The molecule has 0 unspecified atom stereocenters. The van der Waals surface area contributed by atoms with E-state index in [9.17, 15) is 9.90 Å². The van der Waals surface area contributed by atoms with Gasteiger partial charge in [0.2, 0.25) is 5.91 Å². The summed E-state index contributed by atoms with van der Waals surface area (Å²) in [7, 11) is 0. The van der Waals surface area contributed by atoms with Gasteiger partial charge in [0.05, 0.1) is 30.5 Å². The summed E-state index contributed by atoms with van der Waals surface area (Å²) >= 11 is 6.20. The van der Waals surface area contributed by atoms with Gasteiger partial charge in [-0.25, -0.2) is 0 Å². The van der Waals surface area contributed by atoms with Gasteiger partial charge in [0.25, 0.3) is 0 Å². The molecule has 25 heavy (non-hydrogen) atoms. The van der Waals surface area contributed by atoms with Crippen molar-refractivity contribution in [2.45, 2.75) is 44.8 Å². The van der Waals surface area contributed by atoms with E-state index in [0.717, 1.165) is 36.1 Å². The van der Waals surface area contributed by atoms with Crippen LogP contribution in [0.3, 0.4) is 0 Å². The zero-order valence-electron chi connectivity index (χ0n) is 14.1. The first-order valence-corrected chi connectivity index (χ1v) is 8.83. The van der Waals surface area contributed by atoms with Crippen molar-refractivity contribution >= 4 is 28.9 Å². The van der Waals surface area contributed by atoms with Crippen LogP contribution in [0.4, 0.5) is 11.4 Å². The number of rotatable bonds is 5. The average molecular weight is 360 g/mol. The summed E-state index contributed by atoms with van der Waals surface area (Å²) in [5.41, 5.74) is 3.33. The third kappa shape index (κ3) is 4.71. The summed E-state index contributed by atoms with van der Waals surface area (Å²) < 4.78 is 0. The summed E-state index contributed by atoms with van der Waals surface area (Å²) in [5.74, 6) is -0.120. The minimum atomic E-state index is -0.334. The molecule has 1 aliphatic rings. The summed E-state index contributed by atoms with van der Waals surface area (Å²) in [6, 6.07) is 7.40. The van der Waals surface area contributed by atoms with Gasteiger partial charge in [0, 0.05) is 16.9 Å². The highest BCUT2D eigenvalue weighted by Gasteiger charge is 2.25. The van der Waals surface area contributed by atoms with E-state index < -0.39 is 0 Å². The van der Waals surface area contributed by atoms with Gasteiger partial charge in [-0.1, -0.05) is 11.6 Å². The standard InChI is InChI=1S/C19H22ClN3O2/c1-12-5-6-21-11-17(12)23-19(25)9-13-7-14(20)10-15(8-13)22-16-3-2-4-18(16)24/h5-8,10-11,16,18,22,24H,2-4,9H2,1H3,(H,23,25)/t16-,18-/m0/s1. The summed E-state index contributed by atoms with van der Waals surface area (Å²) in [6.45, 7) is 1.92. The Morgan fingerprint density at radius 1 is 1.36 bits per heavy atom. The number of hydrogen-bond acceptors (Lipinski definition) is 4. The van der Waals surface area contributed by atoms with Crippen LogP contribution in [0.15, 0.2) is 36.7 Å². The molecule has 0 spiro atoms. The van der Waals surface area contributed by atoms with Gasteiger partial charge in [-0.05, 0) is 61.6 Å². The fourth-order valence-electron chi connectivity index (χ4n) is 3.13. The molecule has 0 aliphatic heterocycles. The van der Waals surface area contributed by atoms with Gasteiger partial charge in [0.15, 0.2) is 0 Å². The molecule has 2 aromatic rings. The van der Waals surface area contributed by atoms with Crippen LogP contribution in [0.2, 0.25) is 5.02 Å². The third-order valence-corrected chi connectivity index (χ3v) is 4.69. The third-order valence-electron chi connectivity index (χ3n) is 4.47. The van der Waals surface area contributed by atoms with E-state index in [0.29, 0.717) is 10.7 Å². The molecule has 0 radical (unpaired) electrons. The van der Waals surface area contributed by atoms with Crippen molar-refractivity contribution in [3.05, 3.63) is 52.8 Å². The van der Waals surface area contributed by atoms with E-state index in [1.165, 1.54) is 0 Å². The molecule has 1 aromatic heterocycles. The largest absolute Gasteiger partial charge is 0.391 e. The number of hydrogen-bond donors (Lipinski definition) is 3. The Hall–Kier alpha value is -2.11. The van der Waals surface area contributed by atoms with Gasteiger partial charge in [0.1, 0.15) is 0 Å². The van der Waals surface area contributed by atoms with Gasteiger partial charge < -0.3 is 15.7 Å². The smallest absolute Gasteiger partial charge is 0.228 e. The average Bonchev–Trinajstić information content (AvgIpc) is 2.94. The van der Waals surface area contributed by atoms with Crippen molar-refractivity contribution in [2.75, 3.05) is 10.6 Å². The number of aromatic nitrogens is 1. The monoisotopic (exact) mass is 359 g/mol. The molecule has 3 rings (SSSR count). The number of carbonyl (C=O) groups excluding carboxylic acids is 1. The van der Waals surface area contributed by atoms with Crippen LogP contribution < -0.4 is 10.6 Å². The van der Waals surface area contributed by atoms with Gasteiger partial charge in [-0.3, -0.25) is 9.78 Å². The number of aryl methyl sites for hydroxylation is 1. The van der Waals surface area contributed by atoms with Crippen molar-refractivity contribution in [3.8, 4) is 0 Å². The molecule has 1 saturated carbocycles. The van der Waals surface area contributed by atoms with Crippen LogP contribution >= 0.6 is 11.6 Å². The van der Waals surface area contributed by atoms with Crippen molar-refractivity contribution in [1.82, 2.24) is 4.98 Å². The molecule has 1 aromatic carbocycles. The van der Waals surface area contributed by atoms with Crippen LogP contribution in [0, 0.1) is 6.92 Å². The first-order chi connectivity index (χ1) is 12.0. The van der Waals surface area contributed by atoms with Crippen LogP contribution in [0.5, 0.6) is 0 Å². The lowest BCUT2D eigenvalue weighted by molar-refractivity contribution is -0.115. The van der Waals surface area contributed by atoms with Crippen LogP contribution in [0.1, 0.15) is 30.4 Å². The van der Waals surface area contributed by atoms with Gasteiger partial charge in [-0.15, -0.1) is 0 Å². The molecular weight excluding hydrogens is 338 g/mol. The molecule has 2 atom stereocenters. The fraction of sp³-hybridized carbons (Fsp3) is 0.368. The lowest BCUT2D eigenvalue weighted by atomic mass is 10.1. The number of halogens is 1. The van der Waals surface area contributed by atoms with Gasteiger partial charge >= 0.3 is 0 Å². The predicted molar refractivity (Wildman–Crippen MR) is 100 cm³/mol. The number of nitrogens with zero attached hydrogens (tertiary/aromatic N) is 1. The molecule has 132 valence electrons. The Kier molecular flexibility index (Phi) is 5.56. The molecule has 0 bridgehead atoms. The van der Waals surface area contributed by atoms with Crippen LogP contribution in [0.25, 0.3) is 0 Å². The number of amides is 1. The number of benzene rings is 1. The minimum Gasteiger partial charge on any atom is -0.391 e. The van der Waals surface area contributed by atoms with E-state index in [-0.39, 0.29) is 24.5 Å². The van der Waals surface area contributed by atoms with E-state index in [1.807, 2.05) is 25.1 Å². The van der Waals surface area contributed by atoms with Crippen molar-refractivity contribution in [3.63, 3.8) is 0 Å². The van der Waals surface area contributed by atoms with E-state index in [2.05, 4.69) is 15.6 Å². The van der Waals surface area contributed by atoms with Crippen LogP contribution in [-0.4, -0.2) is 28.1 Å². The second-order valence-corrected chi connectivity index (χ2v) is 6.95. The molecule has 5 nitrogen and oxygen atoms in total. The second-order valence-electron chi connectivity index (χ2n) is 6.51. The Bertz CT molecular complexity index is 766. The Labute approximate surface area is 152 Å². The number of nitrogens with one attached hydrogen (secondary N) is 2. The number of aliphatic hydroxyl groups is 1. The van der Waals surface area contributed by atoms with E-state index in [1.54, 1.807) is 18.5 Å². The Morgan fingerprint density at radius 3 is 2.92 bits per heavy atom. The highest BCUT2D eigenvalue weighted by Crippen LogP contribution is 2.26. The molecule has 6 heteroatoms. The fourth-order valence-corrected chi connectivity index (χ4v) is 3.39. The topological polar surface area (TPSA) is 74.2 Å². The maximum absolute atomic E-state index is 12.3. The molecule has 1 heterocycles. The summed E-state index contributed by atoms with van der Waals surface area (Å²) in [6.07, 6.45) is 5.98. The zero-order valence-corrected chi connectivity index (χ0v) is 14.9. The maximum atomic E-state index is 12.3. The first-order valence-electron chi connectivity index (χ1n) is 8.46. The Morgan fingerprint density at radius 2 is 2.20 bits per heavy atom. The quantitative estimate of drug-likeness (QED) is 0.763. The van der Waals surface area contributed by atoms with Crippen molar-refractivity contribution in [1.29, 1.82) is 0 Å². The maximum Gasteiger partial charge on any atom is 0.228 e. The number of aliphatic hydroxyl groups excluding tert-OH is 1. The molecule has 1 amide bonds. The molecule has 1 fully saturated rings. The molecular formula is C19H22ClN3O2. The van der Waals surface area contributed by atoms with Crippen molar-refractivity contribution < 1.29 is 9.90 Å². The normalized spacial score (nSPS) is 19.6. The number of pyridine rings is 1. The highest BCUT2D eigenvalue weighted by atomic mass is 35.5. The molecule has 1 aliphatic carbocycles. The van der Waals surface area contributed by atoms with Crippen LogP contribution in [-0.2, 0) is 11.2 Å². The molecule has 0 saturated heterocycles. The first kappa shape index (κ1) is 17.7. The Balaban J connectivity index is 1.67. The summed E-state index contributed by atoms with van der Waals surface area (Å²) in [5, 5.41) is 16.7. The zero-order chi connectivity index (χ0) is 17.8. The number of anilines is 2. The number of carbonyl (C=O) groups is 1. The summed E-state index contributed by atoms with van der Waals surface area (Å²) in [4.78, 5) is 16.3. The predicted octanol–water partition coefficient (Wildman–Crippen LogP) is 3.55. The second kappa shape index (κ2) is 7.85.